The van der Waals surface area contributed by atoms with Crippen molar-refractivity contribution in [2.24, 2.45) is 5.92 Å². The van der Waals surface area contributed by atoms with Gasteiger partial charge in [0.2, 0.25) is 5.91 Å². The van der Waals surface area contributed by atoms with Gasteiger partial charge in [-0.25, -0.2) is 0 Å². The van der Waals surface area contributed by atoms with Crippen molar-refractivity contribution in [3.8, 4) is 5.75 Å². The molecule has 132 valence electrons. The fraction of sp³-hybridized carbons (Fsp3) is 0.650. The van der Waals surface area contributed by atoms with E-state index in [1.54, 1.807) is 7.11 Å². The van der Waals surface area contributed by atoms with Crippen molar-refractivity contribution in [3.63, 3.8) is 0 Å². The van der Waals surface area contributed by atoms with E-state index in [1.165, 1.54) is 0 Å². The van der Waals surface area contributed by atoms with Crippen LogP contribution in [-0.4, -0.2) is 32.1 Å². The highest BCUT2D eigenvalue weighted by atomic mass is 16.5. The lowest BCUT2D eigenvalue weighted by Gasteiger charge is -2.35. The molecule has 3 rings (SSSR count). The summed E-state index contributed by atoms with van der Waals surface area (Å²) in [6, 6.07) is 6.55. The number of carbonyl (C=O) groups excluding carboxylic acids is 1. The lowest BCUT2D eigenvalue weighted by molar-refractivity contribution is -0.127. The molecular formula is C20H30N2O2. The Kier molecular flexibility index (Phi) is 5.14. The van der Waals surface area contributed by atoms with Crippen LogP contribution in [0.1, 0.15) is 50.2 Å². The molecule has 2 fully saturated rings. The van der Waals surface area contributed by atoms with Gasteiger partial charge >= 0.3 is 0 Å². The smallest absolute Gasteiger partial charge is 0.230 e. The highest BCUT2D eigenvalue weighted by Crippen LogP contribution is 2.43. The first-order chi connectivity index (χ1) is 11.6. The van der Waals surface area contributed by atoms with Crippen molar-refractivity contribution >= 4 is 5.91 Å². The molecule has 0 spiro atoms. The van der Waals surface area contributed by atoms with E-state index < -0.39 is 0 Å². The minimum atomic E-state index is -0.383. The van der Waals surface area contributed by atoms with E-state index in [4.69, 9.17) is 4.74 Å². The van der Waals surface area contributed by atoms with Gasteiger partial charge in [0.25, 0.3) is 0 Å². The number of piperidine rings is 1. The van der Waals surface area contributed by atoms with Crippen LogP contribution in [0.5, 0.6) is 5.75 Å². The number of aryl methyl sites for hydroxylation is 1. The Morgan fingerprint density at radius 2 is 2.08 bits per heavy atom. The number of amides is 1. The second-order valence-corrected chi connectivity index (χ2v) is 7.52. The molecule has 1 amide bonds. The number of ether oxygens (including phenoxy) is 1. The Balaban J connectivity index is 1.86. The zero-order chi connectivity index (χ0) is 17.2. The molecule has 0 aromatic heterocycles. The van der Waals surface area contributed by atoms with Gasteiger partial charge in [-0.3, -0.25) is 4.79 Å². The van der Waals surface area contributed by atoms with Gasteiger partial charge < -0.3 is 15.4 Å². The molecule has 1 heterocycles. The fourth-order valence-electron chi connectivity index (χ4n) is 4.28. The van der Waals surface area contributed by atoms with Crippen LogP contribution in [0.4, 0.5) is 0 Å². The Hall–Kier alpha value is -1.55. The van der Waals surface area contributed by atoms with Crippen molar-refractivity contribution in [1.82, 2.24) is 10.6 Å². The van der Waals surface area contributed by atoms with E-state index in [-0.39, 0.29) is 17.4 Å². The summed E-state index contributed by atoms with van der Waals surface area (Å²) in [6.07, 6.45) is 5.12. The van der Waals surface area contributed by atoms with Gasteiger partial charge in [-0.2, -0.15) is 0 Å². The van der Waals surface area contributed by atoms with Gasteiger partial charge in [0.05, 0.1) is 12.5 Å². The van der Waals surface area contributed by atoms with E-state index in [9.17, 15) is 4.79 Å². The van der Waals surface area contributed by atoms with Crippen LogP contribution in [0.15, 0.2) is 18.2 Å². The molecule has 1 aromatic carbocycles. The van der Waals surface area contributed by atoms with E-state index in [1.807, 2.05) is 6.92 Å². The number of nitrogens with one attached hydrogen (secondary N) is 2. The summed E-state index contributed by atoms with van der Waals surface area (Å²) in [5, 5.41) is 6.78. The fourth-order valence-corrected chi connectivity index (χ4v) is 4.28. The van der Waals surface area contributed by atoms with Gasteiger partial charge in [-0.1, -0.05) is 31.9 Å². The Morgan fingerprint density at radius 3 is 2.75 bits per heavy atom. The van der Waals surface area contributed by atoms with Crippen LogP contribution >= 0.6 is 0 Å². The van der Waals surface area contributed by atoms with Crippen molar-refractivity contribution < 1.29 is 9.53 Å². The molecule has 1 saturated carbocycles. The molecule has 2 atom stereocenters. The molecule has 24 heavy (non-hydrogen) atoms. The second kappa shape index (κ2) is 7.14. The lowest BCUT2D eigenvalue weighted by atomic mass is 9.77. The zero-order valence-electron chi connectivity index (χ0n) is 15.2. The summed E-state index contributed by atoms with van der Waals surface area (Å²) in [6.45, 7) is 6.23. The SMILES string of the molecule is COc1cc(C2(C(=O)NC3CCNCC3C)CCCC2)ccc1C. The predicted octanol–water partition coefficient (Wildman–Crippen LogP) is 2.93. The summed E-state index contributed by atoms with van der Waals surface area (Å²) in [4.78, 5) is 13.3. The first-order valence-corrected chi connectivity index (χ1v) is 9.23. The van der Waals surface area contributed by atoms with Crippen LogP contribution in [0, 0.1) is 12.8 Å². The molecule has 0 bridgehead atoms. The summed E-state index contributed by atoms with van der Waals surface area (Å²) >= 11 is 0. The Bertz CT molecular complexity index is 593. The van der Waals surface area contributed by atoms with Crippen LogP contribution in [-0.2, 0) is 10.2 Å². The van der Waals surface area contributed by atoms with E-state index in [0.29, 0.717) is 5.92 Å². The number of carbonyl (C=O) groups is 1. The van der Waals surface area contributed by atoms with E-state index in [2.05, 4.69) is 35.8 Å². The first-order valence-electron chi connectivity index (χ1n) is 9.23. The third-order valence-electron chi connectivity index (χ3n) is 5.95. The summed E-state index contributed by atoms with van der Waals surface area (Å²) < 4.78 is 5.50. The molecular weight excluding hydrogens is 300 g/mol. The third kappa shape index (κ3) is 3.16. The topological polar surface area (TPSA) is 50.4 Å². The second-order valence-electron chi connectivity index (χ2n) is 7.52. The Labute approximate surface area is 145 Å². The minimum Gasteiger partial charge on any atom is -0.496 e. The Morgan fingerprint density at radius 1 is 1.33 bits per heavy atom. The zero-order valence-corrected chi connectivity index (χ0v) is 15.2. The summed E-state index contributed by atoms with van der Waals surface area (Å²) in [7, 11) is 1.70. The summed E-state index contributed by atoms with van der Waals surface area (Å²) in [5.41, 5.74) is 1.84. The quantitative estimate of drug-likeness (QED) is 0.892. The van der Waals surface area contributed by atoms with Crippen molar-refractivity contribution in [2.45, 2.75) is 57.4 Å². The molecule has 2 unspecified atom stereocenters. The maximum Gasteiger partial charge on any atom is 0.230 e. The largest absolute Gasteiger partial charge is 0.496 e. The highest BCUT2D eigenvalue weighted by molar-refractivity contribution is 5.89. The molecule has 1 aromatic rings. The normalized spacial score (nSPS) is 26.1. The van der Waals surface area contributed by atoms with Crippen LogP contribution in [0.25, 0.3) is 0 Å². The molecule has 4 heteroatoms. The van der Waals surface area contributed by atoms with Gasteiger partial charge in [-0.05, 0) is 62.4 Å². The maximum atomic E-state index is 13.3. The van der Waals surface area contributed by atoms with Crippen molar-refractivity contribution in [3.05, 3.63) is 29.3 Å². The van der Waals surface area contributed by atoms with Gasteiger partial charge in [0.15, 0.2) is 0 Å². The van der Waals surface area contributed by atoms with Gasteiger partial charge in [0.1, 0.15) is 5.75 Å². The van der Waals surface area contributed by atoms with Crippen molar-refractivity contribution in [1.29, 1.82) is 0 Å². The number of hydrogen-bond donors (Lipinski definition) is 2. The molecule has 4 nitrogen and oxygen atoms in total. The maximum absolute atomic E-state index is 13.3. The standard InChI is InChI=1S/C20H30N2O2/c1-14-6-7-16(12-18(14)24-3)20(9-4-5-10-20)19(23)22-17-8-11-21-13-15(17)2/h6-7,12,15,17,21H,4-5,8-11,13H2,1-3H3,(H,22,23). The molecule has 2 N–H and O–H groups in total. The molecule has 2 aliphatic rings. The molecule has 1 saturated heterocycles. The van der Waals surface area contributed by atoms with E-state index in [0.717, 1.165) is 62.1 Å². The van der Waals surface area contributed by atoms with Gasteiger partial charge in [0, 0.05) is 6.04 Å². The molecule has 1 aliphatic heterocycles. The lowest BCUT2D eigenvalue weighted by Crippen LogP contribution is -2.53. The van der Waals surface area contributed by atoms with Crippen molar-refractivity contribution in [2.75, 3.05) is 20.2 Å². The third-order valence-corrected chi connectivity index (χ3v) is 5.95. The first kappa shape index (κ1) is 17.3. The summed E-state index contributed by atoms with van der Waals surface area (Å²) in [5.74, 6) is 1.57. The molecule has 0 radical (unpaired) electrons. The molecule has 1 aliphatic carbocycles. The van der Waals surface area contributed by atoms with Crippen LogP contribution in [0.2, 0.25) is 0 Å². The van der Waals surface area contributed by atoms with Gasteiger partial charge in [-0.15, -0.1) is 0 Å². The average Bonchev–Trinajstić information content (AvgIpc) is 3.08. The monoisotopic (exact) mass is 330 g/mol. The van der Waals surface area contributed by atoms with Crippen LogP contribution in [0.3, 0.4) is 0 Å². The highest BCUT2D eigenvalue weighted by Gasteiger charge is 2.44. The predicted molar refractivity (Wildman–Crippen MR) is 96.5 cm³/mol. The van der Waals surface area contributed by atoms with Crippen LogP contribution < -0.4 is 15.4 Å². The number of benzene rings is 1. The number of hydrogen-bond acceptors (Lipinski definition) is 3. The minimum absolute atomic E-state index is 0.213. The van der Waals surface area contributed by atoms with E-state index >= 15 is 0 Å². The number of rotatable bonds is 4. The average molecular weight is 330 g/mol. The number of methoxy groups -OCH3 is 1.